The molecule has 1 aromatic carbocycles. The molecule has 1 atom stereocenters. The standard InChI is InChI=1S/C22H23F3N4O3/c1-13-9-20-26-17(11-19(22(23,24)25)29(20)27-13)14-5-4-8-28(12-14)21(30)16-7-6-15(31-2)10-18(16)32-3/h6-7,9-11,14H,4-5,8,12H2,1-3H3/t14-/m0/s1. The summed E-state index contributed by atoms with van der Waals surface area (Å²) >= 11 is 0. The molecule has 1 saturated heterocycles. The molecule has 3 aromatic rings. The molecule has 32 heavy (non-hydrogen) atoms. The van der Waals surface area contributed by atoms with Crippen molar-refractivity contribution >= 4 is 11.6 Å². The maximum atomic E-state index is 13.7. The molecule has 10 heteroatoms. The molecule has 1 amide bonds. The van der Waals surface area contributed by atoms with Gasteiger partial charge < -0.3 is 14.4 Å². The number of piperidine rings is 1. The van der Waals surface area contributed by atoms with Gasteiger partial charge in [-0.15, -0.1) is 0 Å². The zero-order valence-corrected chi connectivity index (χ0v) is 17.9. The van der Waals surface area contributed by atoms with E-state index >= 15 is 0 Å². The number of methoxy groups -OCH3 is 2. The fourth-order valence-corrected chi connectivity index (χ4v) is 4.07. The predicted octanol–water partition coefficient (Wildman–Crippen LogP) is 4.09. The number of alkyl halides is 3. The first-order valence-corrected chi connectivity index (χ1v) is 10.2. The van der Waals surface area contributed by atoms with Crippen molar-refractivity contribution in [3.05, 3.63) is 53.0 Å². The van der Waals surface area contributed by atoms with E-state index in [4.69, 9.17) is 9.47 Å². The molecular weight excluding hydrogens is 425 g/mol. The Bertz CT molecular complexity index is 1160. The summed E-state index contributed by atoms with van der Waals surface area (Å²) in [6.07, 6.45) is -3.28. The Morgan fingerprint density at radius 3 is 2.62 bits per heavy atom. The highest BCUT2D eigenvalue weighted by atomic mass is 19.4. The number of aryl methyl sites for hydroxylation is 1. The third-order valence-corrected chi connectivity index (χ3v) is 5.63. The van der Waals surface area contributed by atoms with E-state index in [0.717, 1.165) is 10.6 Å². The summed E-state index contributed by atoms with van der Waals surface area (Å²) in [6.45, 7) is 2.39. The molecule has 0 aliphatic carbocycles. The Labute approximate surface area is 182 Å². The first kappa shape index (κ1) is 21.9. The van der Waals surface area contributed by atoms with Gasteiger partial charge in [0.25, 0.3) is 5.91 Å². The van der Waals surface area contributed by atoms with Gasteiger partial charge in [-0.25, -0.2) is 9.50 Å². The number of ether oxygens (including phenoxy) is 2. The van der Waals surface area contributed by atoms with Crippen LogP contribution in [0.5, 0.6) is 11.5 Å². The van der Waals surface area contributed by atoms with Crippen LogP contribution in [0.1, 0.15) is 46.2 Å². The summed E-state index contributed by atoms with van der Waals surface area (Å²) in [5.41, 5.74) is 0.411. The topological polar surface area (TPSA) is 69.0 Å². The van der Waals surface area contributed by atoms with Gasteiger partial charge in [0.15, 0.2) is 5.65 Å². The number of carbonyl (C=O) groups excluding carboxylic acids is 1. The Kier molecular flexibility index (Phi) is 5.70. The molecule has 3 heterocycles. The summed E-state index contributed by atoms with van der Waals surface area (Å²) in [4.78, 5) is 19.3. The van der Waals surface area contributed by atoms with Crippen LogP contribution < -0.4 is 9.47 Å². The number of rotatable bonds is 4. The molecule has 1 aliphatic heterocycles. The first-order valence-electron chi connectivity index (χ1n) is 10.2. The van der Waals surface area contributed by atoms with Gasteiger partial charge in [-0.05, 0) is 38.0 Å². The molecule has 7 nitrogen and oxygen atoms in total. The van der Waals surface area contributed by atoms with Crippen LogP contribution in [0.4, 0.5) is 13.2 Å². The SMILES string of the molecule is COc1ccc(C(=O)N2CCC[C@H](c3cc(C(F)(F)F)n4nc(C)cc4n3)C2)c(OC)c1. The number of likely N-dealkylation sites (tertiary alicyclic amines) is 1. The molecule has 0 saturated carbocycles. The molecule has 2 aromatic heterocycles. The molecule has 170 valence electrons. The number of aromatic nitrogens is 3. The van der Waals surface area contributed by atoms with E-state index in [9.17, 15) is 18.0 Å². The van der Waals surface area contributed by atoms with Gasteiger partial charge >= 0.3 is 6.18 Å². The smallest absolute Gasteiger partial charge is 0.433 e. The van der Waals surface area contributed by atoms with Gasteiger partial charge in [0.05, 0.1) is 25.5 Å². The lowest BCUT2D eigenvalue weighted by atomic mass is 9.93. The van der Waals surface area contributed by atoms with E-state index in [1.54, 1.807) is 30.0 Å². The van der Waals surface area contributed by atoms with Crippen molar-refractivity contribution in [3.63, 3.8) is 0 Å². The fourth-order valence-electron chi connectivity index (χ4n) is 4.07. The van der Waals surface area contributed by atoms with Crippen molar-refractivity contribution < 1.29 is 27.4 Å². The molecule has 4 rings (SSSR count). The molecule has 0 bridgehead atoms. The molecular formula is C22H23F3N4O3. The maximum absolute atomic E-state index is 13.7. The first-order chi connectivity index (χ1) is 15.2. The molecule has 1 aliphatic rings. The Balaban J connectivity index is 1.65. The highest BCUT2D eigenvalue weighted by molar-refractivity contribution is 5.97. The van der Waals surface area contributed by atoms with Gasteiger partial charge in [-0.2, -0.15) is 18.3 Å². The number of amides is 1. The number of hydrogen-bond donors (Lipinski definition) is 0. The van der Waals surface area contributed by atoms with Crippen LogP contribution in [0.3, 0.4) is 0 Å². The minimum atomic E-state index is -4.57. The van der Waals surface area contributed by atoms with Crippen molar-refractivity contribution in [1.82, 2.24) is 19.5 Å². The van der Waals surface area contributed by atoms with Crippen LogP contribution in [0.2, 0.25) is 0 Å². The normalized spacial score (nSPS) is 16.9. The van der Waals surface area contributed by atoms with Gasteiger partial charge in [0, 0.05) is 36.8 Å². The van der Waals surface area contributed by atoms with Crippen LogP contribution in [-0.2, 0) is 6.18 Å². The predicted molar refractivity (Wildman–Crippen MR) is 110 cm³/mol. The Hall–Kier alpha value is -3.30. The number of carbonyl (C=O) groups is 1. The highest BCUT2D eigenvalue weighted by Crippen LogP contribution is 2.34. The third kappa shape index (κ3) is 4.09. The molecule has 0 unspecified atom stereocenters. The second-order valence-corrected chi connectivity index (χ2v) is 7.78. The average molecular weight is 448 g/mol. The van der Waals surface area contributed by atoms with Crippen molar-refractivity contribution in [2.45, 2.75) is 31.9 Å². The van der Waals surface area contributed by atoms with Gasteiger partial charge in [-0.3, -0.25) is 4.79 Å². The second kappa shape index (κ2) is 8.33. The lowest BCUT2D eigenvalue weighted by Crippen LogP contribution is -2.39. The Morgan fingerprint density at radius 2 is 1.94 bits per heavy atom. The number of fused-ring (bicyclic) bond motifs is 1. The number of hydrogen-bond acceptors (Lipinski definition) is 5. The largest absolute Gasteiger partial charge is 0.497 e. The summed E-state index contributed by atoms with van der Waals surface area (Å²) in [5, 5.41) is 3.93. The molecule has 1 fully saturated rings. The van der Waals surface area contributed by atoms with E-state index in [1.165, 1.54) is 20.3 Å². The highest BCUT2D eigenvalue weighted by Gasteiger charge is 2.36. The van der Waals surface area contributed by atoms with Gasteiger partial charge in [0.1, 0.15) is 17.2 Å². The van der Waals surface area contributed by atoms with E-state index in [0.29, 0.717) is 47.8 Å². The lowest BCUT2D eigenvalue weighted by Gasteiger charge is -2.33. The number of nitrogens with zero attached hydrogens (tertiary/aromatic N) is 4. The molecule has 0 radical (unpaired) electrons. The minimum absolute atomic E-state index is 0.146. The van der Waals surface area contributed by atoms with Crippen molar-refractivity contribution in [2.75, 3.05) is 27.3 Å². The summed E-state index contributed by atoms with van der Waals surface area (Å²) in [6, 6.07) is 7.50. The number of benzene rings is 1. The molecule has 0 N–H and O–H groups in total. The van der Waals surface area contributed by atoms with Crippen LogP contribution in [0.15, 0.2) is 30.3 Å². The van der Waals surface area contributed by atoms with Gasteiger partial charge in [-0.1, -0.05) is 0 Å². The zero-order valence-electron chi connectivity index (χ0n) is 17.9. The quantitative estimate of drug-likeness (QED) is 0.601. The van der Waals surface area contributed by atoms with Crippen molar-refractivity contribution in [1.29, 1.82) is 0 Å². The third-order valence-electron chi connectivity index (χ3n) is 5.63. The van der Waals surface area contributed by atoms with E-state index in [1.807, 2.05) is 0 Å². The zero-order chi connectivity index (χ0) is 23.0. The Morgan fingerprint density at radius 1 is 1.16 bits per heavy atom. The van der Waals surface area contributed by atoms with Crippen LogP contribution >= 0.6 is 0 Å². The fraction of sp³-hybridized carbons (Fsp3) is 0.409. The van der Waals surface area contributed by atoms with Crippen molar-refractivity contribution in [2.24, 2.45) is 0 Å². The van der Waals surface area contributed by atoms with Crippen LogP contribution in [0.25, 0.3) is 5.65 Å². The second-order valence-electron chi connectivity index (χ2n) is 7.78. The average Bonchev–Trinajstić information content (AvgIpc) is 3.16. The minimum Gasteiger partial charge on any atom is -0.497 e. The molecule has 0 spiro atoms. The number of halogens is 3. The summed E-state index contributed by atoms with van der Waals surface area (Å²) in [7, 11) is 2.99. The lowest BCUT2D eigenvalue weighted by molar-refractivity contribution is -0.142. The van der Waals surface area contributed by atoms with Crippen LogP contribution in [0, 0.1) is 6.92 Å². The van der Waals surface area contributed by atoms with E-state index in [2.05, 4.69) is 10.1 Å². The van der Waals surface area contributed by atoms with Gasteiger partial charge in [0.2, 0.25) is 0 Å². The monoisotopic (exact) mass is 448 g/mol. The van der Waals surface area contributed by atoms with E-state index < -0.39 is 11.9 Å². The van der Waals surface area contributed by atoms with E-state index in [-0.39, 0.29) is 24.0 Å². The van der Waals surface area contributed by atoms with Crippen molar-refractivity contribution in [3.8, 4) is 11.5 Å². The van der Waals surface area contributed by atoms with Crippen LogP contribution in [-0.4, -0.2) is 52.7 Å². The maximum Gasteiger partial charge on any atom is 0.433 e. The summed E-state index contributed by atoms with van der Waals surface area (Å²) < 4.78 is 52.3. The summed E-state index contributed by atoms with van der Waals surface area (Å²) in [5.74, 6) is 0.373.